The Kier molecular flexibility index (Phi) is 1.42. The summed E-state index contributed by atoms with van der Waals surface area (Å²) in [5.74, 6) is 0.601. The minimum Gasteiger partial charge on any atom is -0.391 e. The summed E-state index contributed by atoms with van der Waals surface area (Å²) in [5.41, 5.74) is 0. The maximum atomic E-state index is 9.48. The smallest absolute Gasteiger partial charge is 0.0746 e. The van der Waals surface area contributed by atoms with Gasteiger partial charge in [-0.05, 0) is 19.0 Å². The molecule has 10 heavy (non-hydrogen) atoms. The monoisotopic (exact) mass is 139 g/mol. The molecule has 1 aliphatic carbocycles. The van der Waals surface area contributed by atoms with E-state index in [4.69, 9.17) is 0 Å². The molecule has 0 radical (unpaired) electrons. The molecule has 1 aliphatic heterocycles. The molecule has 0 aromatic heterocycles. The molecule has 2 rings (SSSR count). The lowest BCUT2D eigenvalue weighted by molar-refractivity contribution is 0.0835. The molecule has 0 saturated heterocycles. The number of rotatable bonds is 0. The van der Waals surface area contributed by atoms with Crippen molar-refractivity contribution in [3.63, 3.8) is 0 Å². The second-order valence-corrected chi connectivity index (χ2v) is 3.21. The molecule has 0 amide bonds. The van der Waals surface area contributed by atoms with Crippen molar-refractivity contribution in [2.24, 2.45) is 5.92 Å². The summed E-state index contributed by atoms with van der Waals surface area (Å²) in [6.07, 6.45) is 7.42. The van der Waals surface area contributed by atoms with Crippen LogP contribution in [0.1, 0.15) is 19.3 Å². The van der Waals surface area contributed by atoms with E-state index in [1.54, 1.807) is 0 Å². The van der Waals surface area contributed by atoms with Gasteiger partial charge in [0.25, 0.3) is 0 Å². The van der Waals surface area contributed by atoms with Crippen molar-refractivity contribution >= 4 is 0 Å². The van der Waals surface area contributed by atoms with Crippen LogP contribution >= 0.6 is 0 Å². The van der Waals surface area contributed by atoms with Crippen LogP contribution in [0.15, 0.2) is 12.3 Å². The van der Waals surface area contributed by atoms with E-state index in [0.29, 0.717) is 12.0 Å². The van der Waals surface area contributed by atoms with Crippen LogP contribution in [0, 0.1) is 5.92 Å². The molecule has 0 aromatic carbocycles. The van der Waals surface area contributed by atoms with Gasteiger partial charge >= 0.3 is 0 Å². The van der Waals surface area contributed by atoms with Gasteiger partial charge in [-0.2, -0.15) is 0 Å². The average molecular weight is 139 g/mol. The van der Waals surface area contributed by atoms with Crippen LogP contribution in [0.2, 0.25) is 0 Å². The highest BCUT2D eigenvalue weighted by Crippen LogP contribution is 2.28. The summed E-state index contributed by atoms with van der Waals surface area (Å²) in [7, 11) is 0. The summed E-state index contributed by atoms with van der Waals surface area (Å²) in [6.45, 7) is 0. The van der Waals surface area contributed by atoms with Crippen LogP contribution < -0.4 is 5.32 Å². The van der Waals surface area contributed by atoms with Gasteiger partial charge in [0.1, 0.15) is 0 Å². The van der Waals surface area contributed by atoms with Gasteiger partial charge in [0.2, 0.25) is 0 Å². The quantitative estimate of drug-likeness (QED) is 0.516. The number of hydrogen-bond donors (Lipinski definition) is 2. The van der Waals surface area contributed by atoms with E-state index in [1.807, 2.05) is 6.20 Å². The predicted molar refractivity (Wildman–Crippen MR) is 39.4 cm³/mol. The molecule has 1 saturated carbocycles. The molecule has 2 nitrogen and oxygen atoms in total. The van der Waals surface area contributed by atoms with Gasteiger partial charge in [-0.25, -0.2) is 0 Å². The molecule has 2 heteroatoms. The second-order valence-electron chi connectivity index (χ2n) is 3.21. The Hall–Kier alpha value is -0.500. The van der Waals surface area contributed by atoms with Gasteiger partial charge in [-0.3, -0.25) is 0 Å². The molecule has 1 heterocycles. The molecular weight excluding hydrogens is 126 g/mol. The van der Waals surface area contributed by atoms with E-state index in [9.17, 15) is 5.11 Å². The Balaban J connectivity index is 2.07. The zero-order valence-corrected chi connectivity index (χ0v) is 5.96. The average Bonchev–Trinajstić information content (AvgIpc) is 2.36. The highest BCUT2D eigenvalue weighted by molar-refractivity contribution is 5.06. The molecule has 2 aliphatic rings. The van der Waals surface area contributed by atoms with Crippen molar-refractivity contribution < 1.29 is 5.11 Å². The molecular formula is C8H13NO. The lowest BCUT2D eigenvalue weighted by Gasteiger charge is -2.29. The lowest BCUT2D eigenvalue weighted by Crippen LogP contribution is -2.41. The summed E-state index contributed by atoms with van der Waals surface area (Å²) in [4.78, 5) is 0. The zero-order valence-electron chi connectivity index (χ0n) is 5.96. The third-order valence-electron chi connectivity index (χ3n) is 2.55. The zero-order chi connectivity index (χ0) is 6.97. The summed E-state index contributed by atoms with van der Waals surface area (Å²) >= 11 is 0. The minimum absolute atomic E-state index is 0.117. The molecule has 0 aromatic rings. The van der Waals surface area contributed by atoms with Crippen molar-refractivity contribution in [1.82, 2.24) is 5.32 Å². The SMILES string of the molecule is OC1CCCC2C=CNC12. The van der Waals surface area contributed by atoms with Gasteiger partial charge in [-0.1, -0.05) is 12.5 Å². The van der Waals surface area contributed by atoms with Crippen LogP contribution in [0.4, 0.5) is 0 Å². The van der Waals surface area contributed by atoms with E-state index >= 15 is 0 Å². The van der Waals surface area contributed by atoms with Crippen molar-refractivity contribution in [3.8, 4) is 0 Å². The molecule has 56 valence electrons. The number of aliphatic hydroxyl groups is 1. The third kappa shape index (κ3) is 0.833. The van der Waals surface area contributed by atoms with E-state index in [1.165, 1.54) is 12.8 Å². The Morgan fingerprint density at radius 1 is 1.40 bits per heavy atom. The fourth-order valence-electron chi connectivity index (χ4n) is 1.95. The molecule has 2 N–H and O–H groups in total. The first-order chi connectivity index (χ1) is 4.88. The highest BCUT2D eigenvalue weighted by atomic mass is 16.3. The van der Waals surface area contributed by atoms with E-state index in [-0.39, 0.29) is 6.10 Å². The van der Waals surface area contributed by atoms with Gasteiger partial charge in [0.05, 0.1) is 12.1 Å². The summed E-state index contributed by atoms with van der Waals surface area (Å²) in [6, 6.07) is 0.328. The Morgan fingerprint density at radius 3 is 3.10 bits per heavy atom. The van der Waals surface area contributed by atoms with Gasteiger partial charge < -0.3 is 10.4 Å². The van der Waals surface area contributed by atoms with Crippen molar-refractivity contribution in [3.05, 3.63) is 12.3 Å². The number of hydrogen-bond acceptors (Lipinski definition) is 2. The van der Waals surface area contributed by atoms with Crippen LogP contribution in [0.3, 0.4) is 0 Å². The van der Waals surface area contributed by atoms with E-state index in [0.717, 1.165) is 6.42 Å². The Morgan fingerprint density at radius 2 is 2.30 bits per heavy atom. The van der Waals surface area contributed by atoms with Gasteiger partial charge in [0, 0.05) is 5.92 Å². The van der Waals surface area contributed by atoms with E-state index in [2.05, 4.69) is 11.4 Å². The Labute approximate surface area is 60.9 Å². The number of nitrogens with one attached hydrogen (secondary N) is 1. The fraction of sp³-hybridized carbons (Fsp3) is 0.750. The highest BCUT2D eigenvalue weighted by Gasteiger charge is 2.32. The second kappa shape index (κ2) is 2.27. The standard InChI is InChI=1S/C8H13NO/c10-7-3-1-2-6-4-5-9-8(6)7/h4-10H,1-3H2. The van der Waals surface area contributed by atoms with Crippen LogP contribution in [-0.4, -0.2) is 17.3 Å². The predicted octanol–water partition coefficient (Wildman–Crippen LogP) is 0.633. The van der Waals surface area contributed by atoms with Crippen LogP contribution in [-0.2, 0) is 0 Å². The molecule has 3 atom stereocenters. The largest absolute Gasteiger partial charge is 0.391 e. The first kappa shape index (κ1) is 6.23. The Bertz CT molecular complexity index is 155. The van der Waals surface area contributed by atoms with Crippen LogP contribution in [0.5, 0.6) is 0 Å². The minimum atomic E-state index is -0.117. The van der Waals surface area contributed by atoms with E-state index < -0.39 is 0 Å². The first-order valence-electron chi connectivity index (χ1n) is 3.99. The molecule has 0 bridgehead atoms. The van der Waals surface area contributed by atoms with Crippen molar-refractivity contribution in [2.75, 3.05) is 0 Å². The third-order valence-corrected chi connectivity index (χ3v) is 2.55. The summed E-state index contributed by atoms with van der Waals surface area (Å²) in [5, 5.41) is 12.7. The number of fused-ring (bicyclic) bond motifs is 1. The molecule has 3 unspecified atom stereocenters. The maximum absolute atomic E-state index is 9.48. The molecule has 0 spiro atoms. The maximum Gasteiger partial charge on any atom is 0.0746 e. The molecule has 1 fully saturated rings. The summed E-state index contributed by atoms with van der Waals surface area (Å²) < 4.78 is 0. The van der Waals surface area contributed by atoms with Crippen molar-refractivity contribution in [2.45, 2.75) is 31.4 Å². The first-order valence-corrected chi connectivity index (χ1v) is 3.99. The van der Waals surface area contributed by atoms with Gasteiger partial charge in [0.15, 0.2) is 0 Å². The number of aliphatic hydroxyl groups excluding tert-OH is 1. The fourth-order valence-corrected chi connectivity index (χ4v) is 1.95. The normalized spacial score (nSPS) is 44.7. The lowest BCUT2D eigenvalue weighted by atomic mass is 9.84. The van der Waals surface area contributed by atoms with Crippen LogP contribution in [0.25, 0.3) is 0 Å². The van der Waals surface area contributed by atoms with Crippen molar-refractivity contribution in [1.29, 1.82) is 0 Å². The van der Waals surface area contributed by atoms with Gasteiger partial charge in [-0.15, -0.1) is 0 Å². The topological polar surface area (TPSA) is 32.3 Å².